The predicted molar refractivity (Wildman–Crippen MR) is 73.8 cm³/mol. The lowest BCUT2D eigenvalue weighted by molar-refractivity contribution is -0.295. The molecule has 0 amide bonds. The van der Waals surface area contributed by atoms with E-state index in [1.54, 1.807) is 24.3 Å². The highest BCUT2D eigenvalue weighted by molar-refractivity contribution is 6.15. The molecule has 20 heavy (non-hydrogen) atoms. The number of carbonyl (C=O) groups is 1. The maximum atomic E-state index is 11.4. The van der Waals surface area contributed by atoms with E-state index in [9.17, 15) is 9.90 Å². The second-order valence-electron chi connectivity index (χ2n) is 4.92. The van der Waals surface area contributed by atoms with Crippen LogP contribution in [-0.4, -0.2) is 5.97 Å². The van der Waals surface area contributed by atoms with Gasteiger partial charge in [0.15, 0.2) is 5.60 Å². The van der Waals surface area contributed by atoms with Crippen LogP contribution in [0.1, 0.15) is 18.1 Å². The zero-order valence-corrected chi connectivity index (χ0v) is 11.0. The van der Waals surface area contributed by atoms with Crippen LogP contribution in [0, 0.1) is 0 Å². The fourth-order valence-electron chi connectivity index (χ4n) is 2.47. The zero-order chi connectivity index (χ0) is 14.2. The van der Waals surface area contributed by atoms with Gasteiger partial charge in [-0.1, -0.05) is 48.5 Å². The molecule has 1 heterocycles. The Hall–Kier alpha value is -2.55. The highest BCUT2D eigenvalue weighted by Gasteiger charge is 2.32. The third kappa shape index (κ3) is 1.97. The molecule has 0 spiro atoms. The van der Waals surface area contributed by atoms with Crippen molar-refractivity contribution in [2.45, 2.75) is 12.5 Å². The highest BCUT2D eigenvalue weighted by Crippen LogP contribution is 2.40. The molecular weight excluding hydrogens is 252 g/mol. The highest BCUT2D eigenvalue weighted by atomic mass is 16.5. The van der Waals surface area contributed by atoms with Crippen molar-refractivity contribution in [2.75, 3.05) is 0 Å². The van der Waals surface area contributed by atoms with Gasteiger partial charge >= 0.3 is 0 Å². The number of rotatable bonds is 2. The van der Waals surface area contributed by atoms with Crippen molar-refractivity contribution in [1.82, 2.24) is 0 Å². The molecule has 0 fully saturated rings. The van der Waals surface area contributed by atoms with Crippen molar-refractivity contribution in [1.29, 1.82) is 0 Å². The van der Waals surface area contributed by atoms with E-state index in [1.807, 2.05) is 43.3 Å². The molecule has 1 aliphatic heterocycles. The smallest absolute Gasteiger partial charge is 0.150 e. The standard InChI is InChI=1S/C17H14O3/c1-17(12-7-3-2-4-8-12)11-14(16(18)19)13-9-5-6-10-15(13)20-17/h2-11H,1H3,(H,18,19)/p-1. The molecule has 2 aromatic rings. The van der Waals surface area contributed by atoms with Gasteiger partial charge in [-0.25, -0.2) is 0 Å². The molecule has 2 aromatic carbocycles. The van der Waals surface area contributed by atoms with Crippen LogP contribution >= 0.6 is 0 Å². The maximum absolute atomic E-state index is 11.4. The Kier molecular flexibility index (Phi) is 2.83. The summed E-state index contributed by atoms with van der Waals surface area (Å²) in [6.07, 6.45) is 1.61. The number of benzene rings is 2. The number of carbonyl (C=O) groups excluding carboxylic acids is 1. The third-order valence-corrected chi connectivity index (χ3v) is 3.49. The molecule has 1 aliphatic rings. The minimum absolute atomic E-state index is 0.165. The lowest BCUT2D eigenvalue weighted by Crippen LogP contribution is -2.34. The van der Waals surface area contributed by atoms with Gasteiger partial charge in [0.2, 0.25) is 0 Å². The van der Waals surface area contributed by atoms with Gasteiger partial charge in [-0.15, -0.1) is 0 Å². The van der Waals surface area contributed by atoms with Crippen molar-refractivity contribution < 1.29 is 14.6 Å². The summed E-state index contributed by atoms with van der Waals surface area (Å²) in [6.45, 7) is 1.85. The molecule has 0 aliphatic carbocycles. The second kappa shape index (κ2) is 4.53. The van der Waals surface area contributed by atoms with Crippen LogP contribution in [0.5, 0.6) is 5.75 Å². The molecule has 3 heteroatoms. The molecule has 0 saturated carbocycles. The molecular formula is C17H13O3-. The number of hydrogen-bond acceptors (Lipinski definition) is 3. The third-order valence-electron chi connectivity index (χ3n) is 3.49. The number of carboxylic acid groups (broad SMARTS) is 1. The summed E-state index contributed by atoms with van der Waals surface area (Å²) in [5.41, 5.74) is 0.803. The first kappa shape index (κ1) is 12.5. The van der Waals surface area contributed by atoms with Gasteiger partial charge in [0.1, 0.15) is 5.75 Å². The Morgan fingerprint density at radius 2 is 1.70 bits per heavy atom. The molecule has 0 saturated heterocycles. The van der Waals surface area contributed by atoms with E-state index in [0.717, 1.165) is 5.56 Å². The monoisotopic (exact) mass is 265 g/mol. The lowest BCUT2D eigenvalue weighted by atomic mass is 9.88. The Labute approximate surface area is 117 Å². The number of ether oxygens (including phenoxy) is 1. The Balaban J connectivity index is 2.18. The number of aliphatic carboxylic acids is 1. The van der Waals surface area contributed by atoms with E-state index >= 15 is 0 Å². The van der Waals surface area contributed by atoms with Crippen molar-refractivity contribution in [3.05, 3.63) is 71.8 Å². The van der Waals surface area contributed by atoms with Gasteiger partial charge in [0, 0.05) is 11.1 Å². The summed E-state index contributed by atoms with van der Waals surface area (Å²) in [5.74, 6) is -0.636. The molecule has 1 atom stereocenters. The van der Waals surface area contributed by atoms with Crippen LogP contribution < -0.4 is 9.84 Å². The minimum atomic E-state index is -1.19. The fourth-order valence-corrected chi connectivity index (χ4v) is 2.47. The molecule has 3 nitrogen and oxygen atoms in total. The van der Waals surface area contributed by atoms with E-state index < -0.39 is 11.6 Å². The van der Waals surface area contributed by atoms with Gasteiger partial charge in [0.25, 0.3) is 0 Å². The van der Waals surface area contributed by atoms with E-state index in [4.69, 9.17) is 4.74 Å². The quantitative estimate of drug-likeness (QED) is 0.835. The number of hydrogen-bond donors (Lipinski definition) is 0. The molecule has 3 rings (SSSR count). The van der Waals surface area contributed by atoms with Crippen LogP contribution in [0.4, 0.5) is 0 Å². The van der Waals surface area contributed by atoms with Crippen LogP contribution in [0.25, 0.3) is 5.57 Å². The molecule has 0 bridgehead atoms. The van der Waals surface area contributed by atoms with E-state index in [2.05, 4.69) is 0 Å². The maximum Gasteiger partial charge on any atom is 0.150 e. The first-order valence-electron chi connectivity index (χ1n) is 6.38. The first-order valence-corrected chi connectivity index (χ1v) is 6.38. The minimum Gasteiger partial charge on any atom is -0.545 e. The average molecular weight is 265 g/mol. The van der Waals surface area contributed by atoms with Crippen LogP contribution in [-0.2, 0) is 10.4 Å². The topological polar surface area (TPSA) is 49.4 Å². The Bertz CT molecular complexity index is 688. The predicted octanol–water partition coefficient (Wildman–Crippen LogP) is 2.13. The molecule has 100 valence electrons. The SMILES string of the molecule is CC1(c2ccccc2)C=C(C(=O)[O-])c2ccccc2O1. The Morgan fingerprint density at radius 1 is 1.05 bits per heavy atom. The second-order valence-corrected chi connectivity index (χ2v) is 4.92. The van der Waals surface area contributed by atoms with E-state index in [1.165, 1.54) is 0 Å². The zero-order valence-electron chi connectivity index (χ0n) is 11.0. The number of carboxylic acids is 1. The summed E-state index contributed by atoms with van der Waals surface area (Å²) < 4.78 is 6.02. The van der Waals surface area contributed by atoms with Crippen molar-refractivity contribution in [3.8, 4) is 5.75 Å². The van der Waals surface area contributed by atoms with Crippen molar-refractivity contribution >= 4 is 11.5 Å². The molecule has 0 N–H and O–H groups in total. The summed E-state index contributed by atoms with van der Waals surface area (Å²) in [6, 6.07) is 16.6. The molecule has 1 unspecified atom stereocenters. The van der Waals surface area contributed by atoms with Gasteiger partial charge in [-0.05, 0) is 24.6 Å². The van der Waals surface area contributed by atoms with Crippen molar-refractivity contribution in [2.24, 2.45) is 0 Å². The number of para-hydroxylation sites is 1. The number of fused-ring (bicyclic) bond motifs is 1. The Morgan fingerprint density at radius 3 is 2.40 bits per heavy atom. The lowest BCUT2D eigenvalue weighted by Gasteiger charge is -2.34. The van der Waals surface area contributed by atoms with Gasteiger partial charge < -0.3 is 14.6 Å². The summed E-state index contributed by atoms with van der Waals surface area (Å²) in [5, 5.41) is 11.4. The molecule has 0 radical (unpaired) electrons. The molecule has 0 aromatic heterocycles. The van der Waals surface area contributed by atoms with Gasteiger partial charge in [-0.2, -0.15) is 0 Å². The summed E-state index contributed by atoms with van der Waals surface area (Å²) in [7, 11) is 0. The first-order chi connectivity index (χ1) is 9.60. The average Bonchev–Trinajstić information content (AvgIpc) is 2.47. The fraction of sp³-hybridized carbons (Fsp3) is 0.118. The van der Waals surface area contributed by atoms with Crippen LogP contribution in [0.3, 0.4) is 0 Å². The van der Waals surface area contributed by atoms with Crippen molar-refractivity contribution in [3.63, 3.8) is 0 Å². The van der Waals surface area contributed by atoms with Gasteiger partial charge in [-0.3, -0.25) is 0 Å². The summed E-state index contributed by atoms with van der Waals surface area (Å²) in [4.78, 5) is 11.4. The van der Waals surface area contributed by atoms with Gasteiger partial charge in [0.05, 0.1) is 5.97 Å². The summed E-state index contributed by atoms with van der Waals surface area (Å²) >= 11 is 0. The van der Waals surface area contributed by atoms with Crippen LogP contribution in [0.15, 0.2) is 60.7 Å². The largest absolute Gasteiger partial charge is 0.545 e. The normalized spacial score (nSPS) is 20.6. The van der Waals surface area contributed by atoms with E-state index in [0.29, 0.717) is 11.3 Å². The van der Waals surface area contributed by atoms with Crippen LogP contribution in [0.2, 0.25) is 0 Å². The van der Waals surface area contributed by atoms with E-state index in [-0.39, 0.29) is 5.57 Å².